The van der Waals surface area contributed by atoms with Gasteiger partial charge in [0.1, 0.15) is 0 Å². The van der Waals surface area contributed by atoms with Gasteiger partial charge in [0.25, 0.3) is 0 Å². The maximum atomic E-state index is 4.85. The predicted octanol–water partition coefficient (Wildman–Crippen LogP) is 9.97. The van der Waals surface area contributed by atoms with E-state index in [2.05, 4.69) is 132 Å². The minimum absolute atomic E-state index is 0.970. The molecule has 1 aliphatic rings. The zero-order valence-electron chi connectivity index (χ0n) is 21.8. The molecular formula is C38H24N2. The van der Waals surface area contributed by atoms with E-state index in [1.54, 1.807) is 0 Å². The third kappa shape index (κ3) is 3.50. The first-order chi connectivity index (χ1) is 19.9. The molecule has 0 bridgehead atoms. The number of aromatic nitrogens is 1. The highest BCUT2D eigenvalue weighted by molar-refractivity contribution is 6.24. The van der Waals surface area contributed by atoms with Crippen molar-refractivity contribution in [3.05, 3.63) is 145 Å². The highest BCUT2D eigenvalue weighted by Crippen LogP contribution is 2.45. The van der Waals surface area contributed by atoms with E-state index in [1.807, 2.05) is 18.6 Å². The summed E-state index contributed by atoms with van der Waals surface area (Å²) in [6.07, 6.45) is 5.69. The van der Waals surface area contributed by atoms with Crippen LogP contribution in [0.2, 0.25) is 0 Å². The molecule has 2 heterocycles. The van der Waals surface area contributed by atoms with Crippen LogP contribution < -0.4 is 0 Å². The molecule has 0 N–H and O–H groups in total. The Balaban J connectivity index is 1.40. The van der Waals surface area contributed by atoms with Crippen LogP contribution in [0.3, 0.4) is 0 Å². The standard InChI is InChI=1S/C38H24N2/c1-2-10-25(11-3-1)37-32-12-4-6-14-34(32)38(35-15-7-5-13-33(35)37)31-19-9-16-28-29(31)17-8-18-30(28)36-21-20-26(24-40-36)27-22-39-23-27/h1-24H. The first-order valence-electron chi connectivity index (χ1n) is 13.6. The number of aliphatic imine (C=N–C) groups is 1. The maximum absolute atomic E-state index is 4.85. The lowest BCUT2D eigenvalue weighted by atomic mass is 9.84. The lowest BCUT2D eigenvalue weighted by molar-refractivity contribution is 1.31. The molecule has 6 aromatic carbocycles. The van der Waals surface area contributed by atoms with E-state index in [0.29, 0.717) is 0 Å². The number of allylic oxidation sites excluding steroid dienone is 1. The fourth-order valence-corrected chi connectivity index (χ4v) is 6.11. The topological polar surface area (TPSA) is 25.2 Å². The molecule has 0 radical (unpaired) electrons. The molecule has 0 atom stereocenters. The van der Waals surface area contributed by atoms with Crippen molar-refractivity contribution >= 4 is 44.1 Å². The van der Waals surface area contributed by atoms with Crippen LogP contribution in [0.5, 0.6) is 0 Å². The van der Waals surface area contributed by atoms with Gasteiger partial charge in [0.15, 0.2) is 0 Å². The molecule has 2 nitrogen and oxygen atoms in total. The van der Waals surface area contributed by atoms with Crippen molar-refractivity contribution < 1.29 is 0 Å². The van der Waals surface area contributed by atoms with Crippen molar-refractivity contribution in [3.8, 4) is 33.5 Å². The summed E-state index contributed by atoms with van der Waals surface area (Å²) in [6, 6.07) is 45.9. The van der Waals surface area contributed by atoms with Crippen molar-refractivity contribution in [2.45, 2.75) is 0 Å². The summed E-state index contributed by atoms with van der Waals surface area (Å²) in [4.78, 5) is 8.93. The highest BCUT2D eigenvalue weighted by atomic mass is 14.7. The Labute approximate surface area is 232 Å². The van der Waals surface area contributed by atoms with Crippen LogP contribution in [0.25, 0.3) is 71.4 Å². The lowest BCUT2D eigenvalue weighted by Crippen LogP contribution is -1.94. The van der Waals surface area contributed by atoms with Gasteiger partial charge in [-0.1, -0.05) is 121 Å². The average molecular weight is 509 g/mol. The number of rotatable bonds is 4. The molecule has 186 valence electrons. The molecule has 2 heteroatoms. The normalized spacial score (nSPS) is 12.6. The average Bonchev–Trinajstić information content (AvgIpc) is 2.99. The summed E-state index contributed by atoms with van der Waals surface area (Å²) in [5, 5.41) is 7.47. The molecule has 1 aromatic heterocycles. The monoisotopic (exact) mass is 508 g/mol. The molecule has 0 aliphatic carbocycles. The maximum Gasteiger partial charge on any atom is 0.0708 e. The highest BCUT2D eigenvalue weighted by Gasteiger charge is 2.18. The summed E-state index contributed by atoms with van der Waals surface area (Å²) < 4.78 is 0. The minimum atomic E-state index is 0.970. The molecule has 8 rings (SSSR count). The lowest BCUT2D eigenvalue weighted by Gasteiger charge is -2.19. The molecular weight excluding hydrogens is 484 g/mol. The van der Waals surface area contributed by atoms with Crippen molar-refractivity contribution in [1.82, 2.24) is 4.98 Å². The third-order valence-electron chi connectivity index (χ3n) is 7.99. The summed E-state index contributed by atoms with van der Waals surface area (Å²) in [7, 11) is 0. The van der Waals surface area contributed by atoms with Crippen LogP contribution in [0.4, 0.5) is 0 Å². The quantitative estimate of drug-likeness (QED) is 0.217. The van der Waals surface area contributed by atoms with Gasteiger partial charge in [0.05, 0.1) is 5.69 Å². The minimum Gasteiger partial charge on any atom is -0.263 e. The van der Waals surface area contributed by atoms with E-state index in [9.17, 15) is 0 Å². The third-order valence-corrected chi connectivity index (χ3v) is 7.99. The zero-order chi connectivity index (χ0) is 26.5. The molecule has 0 unspecified atom stereocenters. The second kappa shape index (κ2) is 9.14. The summed E-state index contributed by atoms with van der Waals surface area (Å²) in [6.45, 7) is 0. The van der Waals surface area contributed by atoms with Gasteiger partial charge in [0, 0.05) is 35.3 Å². The van der Waals surface area contributed by atoms with E-state index in [0.717, 1.165) is 22.4 Å². The van der Waals surface area contributed by atoms with Crippen LogP contribution in [-0.2, 0) is 0 Å². The summed E-state index contributed by atoms with van der Waals surface area (Å²) in [5.74, 6) is 0. The van der Waals surface area contributed by atoms with Gasteiger partial charge < -0.3 is 0 Å². The fourth-order valence-electron chi connectivity index (χ4n) is 6.11. The molecule has 40 heavy (non-hydrogen) atoms. The Morgan fingerprint density at radius 3 is 1.52 bits per heavy atom. The Hall–Kier alpha value is -5.34. The van der Waals surface area contributed by atoms with Gasteiger partial charge in [-0.05, 0) is 60.6 Å². The van der Waals surface area contributed by atoms with Gasteiger partial charge in [-0.2, -0.15) is 0 Å². The number of benzene rings is 6. The summed E-state index contributed by atoms with van der Waals surface area (Å²) in [5.41, 5.74) is 9.35. The second-order valence-electron chi connectivity index (χ2n) is 10.2. The van der Waals surface area contributed by atoms with Crippen LogP contribution in [-0.4, -0.2) is 11.2 Å². The Morgan fingerprint density at radius 2 is 0.950 bits per heavy atom. The van der Waals surface area contributed by atoms with Crippen molar-refractivity contribution in [2.75, 3.05) is 0 Å². The van der Waals surface area contributed by atoms with Crippen molar-refractivity contribution in [1.29, 1.82) is 0 Å². The van der Waals surface area contributed by atoms with Gasteiger partial charge >= 0.3 is 0 Å². The molecule has 1 aliphatic heterocycles. The van der Waals surface area contributed by atoms with Crippen LogP contribution in [0.15, 0.2) is 145 Å². The summed E-state index contributed by atoms with van der Waals surface area (Å²) >= 11 is 0. The van der Waals surface area contributed by atoms with Crippen molar-refractivity contribution in [2.24, 2.45) is 4.99 Å². The Kier molecular flexibility index (Phi) is 5.17. The molecule has 0 fully saturated rings. The largest absolute Gasteiger partial charge is 0.263 e. The molecule has 0 spiro atoms. The fraction of sp³-hybridized carbons (Fsp3) is 0. The van der Waals surface area contributed by atoms with E-state index in [1.165, 1.54) is 54.6 Å². The van der Waals surface area contributed by atoms with Crippen LogP contribution in [0.1, 0.15) is 5.56 Å². The first-order valence-corrected chi connectivity index (χ1v) is 13.6. The van der Waals surface area contributed by atoms with Gasteiger partial charge in [-0.25, -0.2) is 0 Å². The predicted molar refractivity (Wildman–Crippen MR) is 170 cm³/mol. The number of hydrogen-bond acceptors (Lipinski definition) is 2. The van der Waals surface area contributed by atoms with Crippen LogP contribution >= 0.6 is 0 Å². The number of hydrogen-bond donors (Lipinski definition) is 0. The smallest absolute Gasteiger partial charge is 0.0708 e. The van der Waals surface area contributed by atoms with Gasteiger partial charge in [0.2, 0.25) is 0 Å². The van der Waals surface area contributed by atoms with E-state index < -0.39 is 0 Å². The molecule has 0 saturated carbocycles. The number of fused-ring (bicyclic) bond motifs is 3. The number of pyridine rings is 1. The Bertz CT molecular complexity index is 2080. The molecule has 0 amide bonds. The molecule has 7 aromatic rings. The van der Waals surface area contributed by atoms with E-state index in [4.69, 9.17) is 4.98 Å². The SMILES string of the molecule is C1=NC=C1c1ccc(-c2cccc3c(-c4c5ccccc5c(-c5ccccc5)c5ccccc45)cccc23)nc1. The van der Waals surface area contributed by atoms with E-state index in [-0.39, 0.29) is 0 Å². The van der Waals surface area contributed by atoms with Gasteiger partial charge in [-0.3, -0.25) is 9.98 Å². The van der Waals surface area contributed by atoms with E-state index >= 15 is 0 Å². The van der Waals surface area contributed by atoms with Crippen LogP contribution in [0, 0.1) is 0 Å². The van der Waals surface area contributed by atoms with Gasteiger partial charge in [-0.15, -0.1) is 0 Å². The zero-order valence-corrected chi connectivity index (χ0v) is 21.8. The molecule has 0 saturated heterocycles. The number of nitrogens with zero attached hydrogens (tertiary/aromatic N) is 2. The first kappa shape index (κ1) is 22.6. The Morgan fingerprint density at radius 1 is 0.400 bits per heavy atom. The second-order valence-corrected chi connectivity index (χ2v) is 10.2. The van der Waals surface area contributed by atoms with Crippen molar-refractivity contribution in [3.63, 3.8) is 0 Å².